The molecule has 1 rings (SSSR count). The third-order valence-electron chi connectivity index (χ3n) is 2.50. The lowest BCUT2D eigenvalue weighted by Crippen LogP contribution is -2.21. The van der Waals surface area contributed by atoms with E-state index in [2.05, 4.69) is 24.9 Å². The molecule has 15 heavy (non-hydrogen) atoms. The van der Waals surface area contributed by atoms with Crippen molar-refractivity contribution in [2.24, 2.45) is 0 Å². The van der Waals surface area contributed by atoms with Crippen molar-refractivity contribution in [2.45, 2.75) is 39.7 Å². The minimum atomic E-state index is 0.347. The van der Waals surface area contributed by atoms with Crippen LogP contribution in [0.2, 0.25) is 0 Å². The van der Waals surface area contributed by atoms with Crippen molar-refractivity contribution in [1.29, 1.82) is 0 Å². The van der Waals surface area contributed by atoms with Gasteiger partial charge in [0.25, 0.3) is 0 Å². The van der Waals surface area contributed by atoms with E-state index in [1.165, 1.54) is 5.56 Å². The number of hydrogen-bond acceptors (Lipinski definition) is 2. The maximum absolute atomic E-state index is 5.55. The number of hydrogen-bond donors (Lipinski definition) is 1. The minimum absolute atomic E-state index is 0.347. The molecule has 1 aromatic rings. The Morgan fingerprint density at radius 2 is 2.27 bits per heavy atom. The molecule has 0 aromatic carbocycles. The molecule has 0 bridgehead atoms. The summed E-state index contributed by atoms with van der Waals surface area (Å²) in [5.74, 6) is 2.00. The molecule has 1 heterocycles. The molecule has 1 atom stereocenters. The van der Waals surface area contributed by atoms with Crippen molar-refractivity contribution < 1.29 is 4.42 Å². The molecule has 0 saturated heterocycles. The molecule has 0 amide bonds. The predicted molar refractivity (Wildman–Crippen MR) is 64.0 cm³/mol. The second kappa shape index (κ2) is 5.76. The van der Waals surface area contributed by atoms with E-state index < -0.39 is 0 Å². The summed E-state index contributed by atoms with van der Waals surface area (Å²) in [6.45, 7) is 11.0. The molecule has 2 nitrogen and oxygen atoms in total. The SMILES string of the molecule is C=CCC(NCCC)c1cc(C)oc1C. The molecule has 1 aromatic heterocycles. The fourth-order valence-electron chi connectivity index (χ4n) is 1.80. The predicted octanol–water partition coefficient (Wildman–Crippen LogP) is 3.51. The fraction of sp³-hybridized carbons (Fsp3) is 0.538. The second-order valence-electron chi connectivity index (χ2n) is 3.90. The van der Waals surface area contributed by atoms with E-state index in [0.29, 0.717) is 6.04 Å². The van der Waals surface area contributed by atoms with Crippen molar-refractivity contribution in [3.8, 4) is 0 Å². The van der Waals surface area contributed by atoms with E-state index in [4.69, 9.17) is 4.42 Å². The summed E-state index contributed by atoms with van der Waals surface area (Å²) in [6.07, 6.45) is 4.04. The molecular formula is C13H21NO. The van der Waals surface area contributed by atoms with Crippen molar-refractivity contribution in [2.75, 3.05) is 6.54 Å². The zero-order chi connectivity index (χ0) is 11.3. The van der Waals surface area contributed by atoms with Crippen LogP contribution >= 0.6 is 0 Å². The lowest BCUT2D eigenvalue weighted by atomic mass is 10.0. The first kappa shape index (κ1) is 12.1. The maximum atomic E-state index is 5.55. The lowest BCUT2D eigenvalue weighted by Gasteiger charge is -2.15. The summed E-state index contributed by atoms with van der Waals surface area (Å²) in [5.41, 5.74) is 1.26. The molecule has 2 heteroatoms. The standard InChI is InChI=1S/C13H21NO/c1-5-7-13(14-8-6-2)12-9-10(3)15-11(12)4/h5,9,13-14H,1,6-8H2,2-4H3. The maximum Gasteiger partial charge on any atom is 0.105 e. The third kappa shape index (κ3) is 3.24. The average Bonchev–Trinajstić information content (AvgIpc) is 2.52. The monoisotopic (exact) mass is 207 g/mol. The van der Waals surface area contributed by atoms with Gasteiger partial charge in [0.1, 0.15) is 11.5 Å². The molecule has 0 aliphatic carbocycles. The van der Waals surface area contributed by atoms with Gasteiger partial charge in [0.2, 0.25) is 0 Å². The van der Waals surface area contributed by atoms with Crippen LogP contribution in [0.5, 0.6) is 0 Å². The second-order valence-corrected chi connectivity index (χ2v) is 3.90. The number of aryl methyl sites for hydroxylation is 2. The van der Waals surface area contributed by atoms with Gasteiger partial charge in [-0.05, 0) is 39.3 Å². The largest absolute Gasteiger partial charge is 0.466 e. The van der Waals surface area contributed by atoms with Gasteiger partial charge in [-0.1, -0.05) is 13.0 Å². The molecule has 84 valence electrons. The molecule has 0 radical (unpaired) electrons. The number of rotatable bonds is 6. The Hall–Kier alpha value is -1.02. The van der Waals surface area contributed by atoms with Gasteiger partial charge in [-0.2, -0.15) is 0 Å². The summed E-state index contributed by atoms with van der Waals surface area (Å²) in [7, 11) is 0. The van der Waals surface area contributed by atoms with E-state index in [1.807, 2.05) is 19.9 Å². The topological polar surface area (TPSA) is 25.2 Å². The highest BCUT2D eigenvalue weighted by Gasteiger charge is 2.14. The summed E-state index contributed by atoms with van der Waals surface area (Å²) in [5, 5.41) is 3.51. The van der Waals surface area contributed by atoms with E-state index in [-0.39, 0.29) is 0 Å². The van der Waals surface area contributed by atoms with Crippen LogP contribution in [0, 0.1) is 13.8 Å². The highest BCUT2D eigenvalue weighted by molar-refractivity contribution is 5.24. The van der Waals surface area contributed by atoms with Crippen LogP contribution in [-0.2, 0) is 0 Å². The van der Waals surface area contributed by atoms with Crippen LogP contribution in [0.4, 0.5) is 0 Å². The highest BCUT2D eigenvalue weighted by Crippen LogP contribution is 2.24. The van der Waals surface area contributed by atoms with Crippen LogP contribution < -0.4 is 5.32 Å². The van der Waals surface area contributed by atoms with Gasteiger partial charge < -0.3 is 9.73 Å². The van der Waals surface area contributed by atoms with Gasteiger partial charge in [-0.25, -0.2) is 0 Å². The first-order chi connectivity index (χ1) is 7.19. The molecule has 1 unspecified atom stereocenters. The Bertz CT molecular complexity index is 314. The summed E-state index contributed by atoms with van der Waals surface area (Å²) in [6, 6.07) is 2.46. The Morgan fingerprint density at radius 1 is 1.53 bits per heavy atom. The average molecular weight is 207 g/mol. The lowest BCUT2D eigenvalue weighted by molar-refractivity contribution is 0.482. The third-order valence-corrected chi connectivity index (χ3v) is 2.50. The van der Waals surface area contributed by atoms with Gasteiger partial charge in [0.05, 0.1) is 0 Å². The van der Waals surface area contributed by atoms with Gasteiger partial charge in [0, 0.05) is 11.6 Å². The zero-order valence-electron chi connectivity index (χ0n) is 9.97. The minimum Gasteiger partial charge on any atom is -0.466 e. The Kier molecular flexibility index (Phi) is 4.63. The Labute approximate surface area is 92.4 Å². The van der Waals surface area contributed by atoms with Crippen molar-refractivity contribution in [1.82, 2.24) is 5.32 Å². The van der Waals surface area contributed by atoms with Gasteiger partial charge in [-0.15, -0.1) is 6.58 Å². The highest BCUT2D eigenvalue weighted by atomic mass is 16.3. The molecule has 0 fully saturated rings. The number of nitrogens with one attached hydrogen (secondary N) is 1. The molecular weight excluding hydrogens is 186 g/mol. The fourth-order valence-corrected chi connectivity index (χ4v) is 1.80. The van der Waals surface area contributed by atoms with E-state index in [9.17, 15) is 0 Å². The molecule has 0 aliphatic rings. The summed E-state index contributed by atoms with van der Waals surface area (Å²) < 4.78 is 5.55. The van der Waals surface area contributed by atoms with Crippen LogP contribution in [0.15, 0.2) is 23.1 Å². The first-order valence-electron chi connectivity index (χ1n) is 5.60. The van der Waals surface area contributed by atoms with Crippen molar-refractivity contribution >= 4 is 0 Å². The van der Waals surface area contributed by atoms with Gasteiger partial charge >= 0.3 is 0 Å². The molecule has 1 N–H and O–H groups in total. The van der Waals surface area contributed by atoms with Crippen LogP contribution in [0.3, 0.4) is 0 Å². The van der Waals surface area contributed by atoms with Crippen LogP contribution in [0.1, 0.15) is 42.9 Å². The molecule has 0 spiro atoms. The van der Waals surface area contributed by atoms with E-state index in [1.54, 1.807) is 0 Å². The Morgan fingerprint density at radius 3 is 2.73 bits per heavy atom. The van der Waals surface area contributed by atoms with Gasteiger partial charge in [0.15, 0.2) is 0 Å². The quantitative estimate of drug-likeness (QED) is 0.722. The Balaban J connectivity index is 2.77. The van der Waals surface area contributed by atoms with E-state index in [0.717, 1.165) is 30.9 Å². The van der Waals surface area contributed by atoms with Crippen LogP contribution in [0.25, 0.3) is 0 Å². The molecule has 0 saturated carbocycles. The number of furan rings is 1. The van der Waals surface area contributed by atoms with E-state index >= 15 is 0 Å². The summed E-state index contributed by atoms with van der Waals surface area (Å²) >= 11 is 0. The normalized spacial score (nSPS) is 12.7. The van der Waals surface area contributed by atoms with Gasteiger partial charge in [-0.3, -0.25) is 0 Å². The summed E-state index contributed by atoms with van der Waals surface area (Å²) in [4.78, 5) is 0. The smallest absolute Gasteiger partial charge is 0.105 e. The zero-order valence-corrected chi connectivity index (χ0v) is 9.97. The van der Waals surface area contributed by atoms with Crippen molar-refractivity contribution in [3.63, 3.8) is 0 Å². The molecule has 0 aliphatic heterocycles. The first-order valence-corrected chi connectivity index (χ1v) is 5.60. The van der Waals surface area contributed by atoms with Crippen molar-refractivity contribution in [3.05, 3.63) is 35.8 Å². The van der Waals surface area contributed by atoms with Crippen LogP contribution in [-0.4, -0.2) is 6.54 Å².